The summed E-state index contributed by atoms with van der Waals surface area (Å²) in [5, 5.41) is 3.44. The van der Waals surface area contributed by atoms with Crippen LogP contribution in [0.1, 0.15) is 40.5 Å². The largest absolute Gasteiger partial charge is 0.357 e. The molecule has 0 spiro atoms. The van der Waals surface area contributed by atoms with Crippen molar-refractivity contribution in [3.05, 3.63) is 0 Å². The minimum atomic E-state index is 0.224. The zero-order valence-corrected chi connectivity index (χ0v) is 13.4. The average Bonchev–Trinajstić information content (AvgIpc) is 2.34. The molecule has 1 aliphatic heterocycles. The van der Waals surface area contributed by atoms with E-state index in [1.54, 1.807) is 0 Å². The number of hydrogen-bond acceptors (Lipinski definition) is 2. The van der Waals surface area contributed by atoms with Crippen LogP contribution in [0.2, 0.25) is 0 Å². The van der Waals surface area contributed by atoms with Gasteiger partial charge in [-0.2, -0.15) is 11.8 Å². The van der Waals surface area contributed by atoms with Crippen LogP contribution in [-0.2, 0) is 0 Å². The molecule has 0 bridgehead atoms. The van der Waals surface area contributed by atoms with Crippen LogP contribution in [0.15, 0.2) is 4.99 Å². The molecule has 1 fully saturated rings. The number of guanidine groups is 1. The predicted octanol–water partition coefficient (Wildman–Crippen LogP) is 2.83. The van der Waals surface area contributed by atoms with E-state index >= 15 is 0 Å². The third-order valence-electron chi connectivity index (χ3n) is 3.45. The molecule has 0 aromatic heterocycles. The topological polar surface area (TPSA) is 27.6 Å². The first-order valence-corrected chi connectivity index (χ1v) is 8.29. The second-order valence-corrected chi connectivity index (χ2v) is 7.34. The van der Waals surface area contributed by atoms with Crippen molar-refractivity contribution >= 4 is 17.7 Å². The molecule has 106 valence electrons. The van der Waals surface area contributed by atoms with Crippen molar-refractivity contribution in [2.45, 2.75) is 45.3 Å². The summed E-state index contributed by atoms with van der Waals surface area (Å²) in [6.45, 7) is 13.1. The fourth-order valence-electron chi connectivity index (χ4n) is 2.14. The Hall–Kier alpha value is -0.380. The molecule has 0 radical (unpaired) electrons. The number of likely N-dealkylation sites (tertiary alicyclic amines) is 1. The van der Waals surface area contributed by atoms with Gasteiger partial charge < -0.3 is 10.2 Å². The van der Waals surface area contributed by atoms with Crippen LogP contribution < -0.4 is 5.32 Å². The quantitative estimate of drug-likeness (QED) is 0.629. The number of nitrogens with zero attached hydrogens (tertiary/aromatic N) is 2. The second-order valence-electron chi connectivity index (χ2n) is 5.83. The maximum atomic E-state index is 4.82. The number of hydrogen-bond donors (Lipinski definition) is 1. The third-order valence-corrected chi connectivity index (χ3v) is 4.69. The summed E-state index contributed by atoms with van der Waals surface area (Å²) in [5.74, 6) is 1.89. The highest BCUT2D eigenvalue weighted by atomic mass is 32.2. The van der Waals surface area contributed by atoms with E-state index in [-0.39, 0.29) is 4.75 Å². The molecule has 1 aliphatic rings. The van der Waals surface area contributed by atoms with Gasteiger partial charge in [-0.3, -0.25) is 4.99 Å². The standard InChI is InChI=1S/C14H29N3S/c1-6-15-13(16-11-14(3,4)18-5)17-9-7-8-12(2)10-17/h12H,6-11H2,1-5H3,(H,15,16). The van der Waals surface area contributed by atoms with Crippen LogP contribution in [0.3, 0.4) is 0 Å². The Kier molecular flexibility index (Phi) is 6.33. The van der Waals surface area contributed by atoms with E-state index in [0.717, 1.165) is 38.1 Å². The smallest absolute Gasteiger partial charge is 0.193 e. The first kappa shape index (κ1) is 15.7. The number of thioether (sulfide) groups is 1. The lowest BCUT2D eigenvalue weighted by atomic mass is 10.0. The molecule has 0 saturated carbocycles. The normalized spacial score (nSPS) is 22.2. The maximum absolute atomic E-state index is 4.82. The fourth-order valence-corrected chi connectivity index (χ4v) is 2.33. The summed E-state index contributed by atoms with van der Waals surface area (Å²) in [6, 6.07) is 0. The van der Waals surface area contributed by atoms with Gasteiger partial charge in [0, 0.05) is 24.4 Å². The van der Waals surface area contributed by atoms with E-state index in [4.69, 9.17) is 4.99 Å². The molecule has 1 N–H and O–H groups in total. The van der Waals surface area contributed by atoms with E-state index < -0.39 is 0 Å². The summed E-state index contributed by atoms with van der Waals surface area (Å²) in [4.78, 5) is 7.25. The lowest BCUT2D eigenvalue weighted by molar-refractivity contribution is 0.266. The molecule has 0 aromatic carbocycles. The van der Waals surface area contributed by atoms with Gasteiger partial charge >= 0.3 is 0 Å². The summed E-state index contributed by atoms with van der Waals surface area (Å²) in [7, 11) is 0. The predicted molar refractivity (Wildman–Crippen MR) is 83.5 cm³/mol. The van der Waals surface area contributed by atoms with E-state index in [1.807, 2.05) is 11.8 Å². The Balaban J connectivity index is 2.65. The Morgan fingerprint density at radius 3 is 2.78 bits per heavy atom. The monoisotopic (exact) mass is 271 g/mol. The van der Waals surface area contributed by atoms with Gasteiger partial charge in [-0.05, 0) is 45.8 Å². The van der Waals surface area contributed by atoms with Gasteiger partial charge in [-0.25, -0.2) is 0 Å². The Morgan fingerprint density at radius 2 is 2.22 bits per heavy atom. The van der Waals surface area contributed by atoms with E-state index in [2.05, 4.69) is 44.2 Å². The molecule has 3 nitrogen and oxygen atoms in total. The lowest BCUT2D eigenvalue weighted by Gasteiger charge is -2.34. The minimum absolute atomic E-state index is 0.224. The minimum Gasteiger partial charge on any atom is -0.357 e. The first-order valence-electron chi connectivity index (χ1n) is 7.07. The highest BCUT2D eigenvalue weighted by molar-refractivity contribution is 7.99. The van der Waals surface area contributed by atoms with Crippen molar-refractivity contribution in [1.82, 2.24) is 10.2 Å². The van der Waals surface area contributed by atoms with Gasteiger partial charge in [0.2, 0.25) is 0 Å². The SMILES string of the molecule is CCNC(=NCC(C)(C)SC)N1CCCC(C)C1. The highest BCUT2D eigenvalue weighted by Crippen LogP contribution is 2.21. The van der Waals surface area contributed by atoms with Crippen molar-refractivity contribution < 1.29 is 0 Å². The van der Waals surface area contributed by atoms with Gasteiger partial charge in [0.05, 0.1) is 6.54 Å². The van der Waals surface area contributed by atoms with Crippen molar-refractivity contribution in [3.63, 3.8) is 0 Å². The van der Waals surface area contributed by atoms with Gasteiger partial charge in [0.25, 0.3) is 0 Å². The number of nitrogens with one attached hydrogen (secondary N) is 1. The van der Waals surface area contributed by atoms with Crippen LogP contribution >= 0.6 is 11.8 Å². The lowest BCUT2D eigenvalue weighted by Crippen LogP contribution is -2.46. The highest BCUT2D eigenvalue weighted by Gasteiger charge is 2.21. The molecule has 1 atom stereocenters. The molecule has 1 rings (SSSR count). The van der Waals surface area contributed by atoms with E-state index in [9.17, 15) is 0 Å². The molecule has 1 saturated heterocycles. The van der Waals surface area contributed by atoms with Crippen molar-refractivity contribution in [2.75, 3.05) is 32.4 Å². The van der Waals surface area contributed by atoms with E-state index in [0.29, 0.717) is 0 Å². The van der Waals surface area contributed by atoms with Crippen LogP contribution in [0.5, 0.6) is 0 Å². The van der Waals surface area contributed by atoms with Crippen molar-refractivity contribution in [3.8, 4) is 0 Å². The first-order chi connectivity index (χ1) is 8.48. The Labute approximate surface area is 117 Å². The molecule has 0 amide bonds. The molecule has 0 aliphatic carbocycles. The number of piperidine rings is 1. The number of aliphatic imine (C=N–C) groups is 1. The molecule has 4 heteroatoms. The van der Waals surface area contributed by atoms with E-state index in [1.165, 1.54) is 12.8 Å². The van der Waals surface area contributed by atoms with Gasteiger partial charge in [0.15, 0.2) is 5.96 Å². The van der Waals surface area contributed by atoms with Gasteiger partial charge in [-0.15, -0.1) is 0 Å². The van der Waals surface area contributed by atoms with Crippen molar-refractivity contribution in [1.29, 1.82) is 0 Å². The molecule has 0 aromatic rings. The van der Waals surface area contributed by atoms with Crippen molar-refractivity contribution in [2.24, 2.45) is 10.9 Å². The molecule has 1 heterocycles. The summed E-state index contributed by atoms with van der Waals surface area (Å²) in [5.41, 5.74) is 0. The maximum Gasteiger partial charge on any atom is 0.193 e. The van der Waals surface area contributed by atoms with Crippen LogP contribution in [0, 0.1) is 5.92 Å². The van der Waals surface area contributed by atoms with Crippen LogP contribution in [0.4, 0.5) is 0 Å². The third kappa shape index (κ3) is 5.09. The van der Waals surface area contributed by atoms with Gasteiger partial charge in [0.1, 0.15) is 0 Å². The zero-order valence-electron chi connectivity index (χ0n) is 12.6. The Bertz CT molecular complexity index is 276. The summed E-state index contributed by atoms with van der Waals surface area (Å²) < 4.78 is 0.224. The summed E-state index contributed by atoms with van der Waals surface area (Å²) >= 11 is 1.88. The van der Waals surface area contributed by atoms with Crippen LogP contribution in [0.25, 0.3) is 0 Å². The fraction of sp³-hybridized carbons (Fsp3) is 0.929. The molecule has 18 heavy (non-hydrogen) atoms. The zero-order chi connectivity index (χ0) is 13.6. The Morgan fingerprint density at radius 1 is 1.50 bits per heavy atom. The second kappa shape index (κ2) is 7.27. The average molecular weight is 271 g/mol. The van der Waals surface area contributed by atoms with Gasteiger partial charge in [-0.1, -0.05) is 6.92 Å². The summed E-state index contributed by atoms with van der Waals surface area (Å²) in [6.07, 6.45) is 4.80. The van der Waals surface area contributed by atoms with Crippen LogP contribution in [-0.4, -0.2) is 48.0 Å². The molecule has 1 unspecified atom stereocenters. The molecular formula is C14H29N3S. The molecular weight excluding hydrogens is 242 g/mol. The number of rotatable bonds is 4.